The largest absolute Gasteiger partial charge is 0.743 e. The summed E-state index contributed by atoms with van der Waals surface area (Å²) in [5.74, 6) is 1.03. The molecule has 3 aliphatic rings. The van der Waals surface area contributed by atoms with E-state index >= 15 is 0 Å². The lowest BCUT2D eigenvalue weighted by molar-refractivity contribution is 0.187. The number of aliphatic imine (C=N–C) groups is 1. The quantitative estimate of drug-likeness (QED) is 0.150. The van der Waals surface area contributed by atoms with Gasteiger partial charge in [0.25, 0.3) is 0 Å². The summed E-state index contributed by atoms with van der Waals surface area (Å²) in [5, 5.41) is 16.2. The van der Waals surface area contributed by atoms with Crippen molar-refractivity contribution in [1.82, 2.24) is 20.2 Å². The van der Waals surface area contributed by atoms with Crippen LogP contribution in [0.1, 0.15) is 42.5 Å². The van der Waals surface area contributed by atoms with Crippen LogP contribution in [0, 0.1) is 24.2 Å². The van der Waals surface area contributed by atoms with Gasteiger partial charge >= 0.3 is 6.01 Å². The van der Waals surface area contributed by atoms with Gasteiger partial charge in [0, 0.05) is 67.8 Å². The number of rotatable bonds is 10. The third-order valence-electron chi connectivity index (χ3n) is 9.78. The Morgan fingerprint density at radius 1 is 1.13 bits per heavy atom. The van der Waals surface area contributed by atoms with E-state index in [1.807, 2.05) is 0 Å². The molecule has 0 radical (unpaired) electrons. The summed E-state index contributed by atoms with van der Waals surface area (Å²) in [7, 11) is 3.82. The highest BCUT2D eigenvalue weighted by atomic mass is 32.1. The minimum atomic E-state index is 0.0751. The zero-order chi connectivity index (χ0) is 32.0. The molecule has 10 nitrogen and oxygen atoms in total. The van der Waals surface area contributed by atoms with Crippen LogP contribution in [0.2, 0.25) is 0 Å². The first-order valence-electron chi connectivity index (χ1n) is 16.5. The fourth-order valence-corrected chi connectivity index (χ4v) is 7.47. The maximum absolute atomic E-state index is 9.74. The Bertz CT molecular complexity index is 1590. The molecule has 3 aromatic rings. The molecule has 0 bridgehead atoms. The van der Waals surface area contributed by atoms with Gasteiger partial charge in [-0.3, -0.25) is 4.99 Å². The van der Waals surface area contributed by atoms with Crippen molar-refractivity contribution < 1.29 is 9.47 Å². The molecule has 2 saturated heterocycles. The van der Waals surface area contributed by atoms with E-state index in [-0.39, 0.29) is 12.0 Å². The highest BCUT2D eigenvalue weighted by molar-refractivity contribution is 7.77. The number of hydrogen-bond donors (Lipinski definition) is 1. The van der Waals surface area contributed by atoms with E-state index in [0.717, 1.165) is 50.4 Å². The number of nitrogens with zero attached hydrogens (tertiary/aromatic N) is 7. The zero-order valence-corrected chi connectivity index (χ0v) is 28.1. The third kappa shape index (κ3) is 7.14. The van der Waals surface area contributed by atoms with E-state index in [9.17, 15) is 5.26 Å². The number of amidine groups is 1. The molecule has 4 heterocycles. The first-order chi connectivity index (χ1) is 22.4. The molecule has 0 spiro atoms. The molecule has 1 N–H and O–H groups in total. The van der Waals surface area contributed by atoms with Crippen molar-refractivity contribution in [3.8, 4) is 12.1 Å². The van der Waals surface area contributed by atoms with Gasteiger partial charge in [-0.2, -0.15) is 15.2 Å². The fourth-order valence-electron chi connectivity index (χ4n) is 7.23. The summed E-state index contributed by atoms with van der Waals surface area (Å²) in [6, 6.07) is 16.4. The first kappa shape index (κ1) is 32.2. The lowest BCUT2D eigenvalue weighted by Gasteiger charge is -2.41. The van der Waals surface area contributed by atoms with Crippen molar-refractivity contribution in [2.75, 3.05) is 69.9 Å². The van der Waals surface area contributed by atoms with Crippen LogP contribution in [0.25, 0.3) is 10.8 Å². The molecule has 0 aliphatic carbocycles. The lowest BCUT2D eigenvalue weighted by Crippen LogP contribution is -2.51. The average Bonchev–Trinajstić information content (AvgIpc) is 3.48. The predicted molar refractivity (Wildman–Crippen MR) is 186 cm³/mol. The Kier molecular flexibility index (Phi) is 10.4. The monoisotopic (exact) mass is 641 g/mol. The van der Waals surface area contributed by atoms with Gasteiger partial charge in [-0.25, -0.2) is 0 Å². The number of nitrogens with one attached hydrogen (secondary N) is 1. The third-order valence-corrected chi connectivity index (χ3v) is 10.0. The van der Waals surface area contributed by atoms with E-state index in [4.69, 9.17) is 32.1 Å². The Morgan fingerprint density at radius 3 is 2.76 bits per heavy atom. The molecule has 46 heavy (non-hydrogen) atoms. The molecule has 1 unspecified atom stereocenters. The van der Waals surface area contributed by atoms with Gasteiger partial charge in [-0.15, -0.1) is 0 Å². The molecule has 244 valence electrons. The predicted octanol–water partition coefficient (Wildman–Crippen LogP) is 4.22. The maximum atomic E-state index is 9.74. The van der Waals surface area contributed by atoms with Crippen LogP contribution >= 0.6 is 0 Å². The zero-order valence-electron chi connectivity index (χ0n) is 27.2. The molecular formula is C35H45N8O2S-. The Labute approximate surface area is 278 Å². The molecule has 2 fully saturated rings. The highest BCUT2D eigenvalue weighted by Gasteiger charge is 2.33. The summed E-state index contributed by atoms with van der Waals surface area (Å²) < 4.78 is 11.5. The number of ether oxygens (including phenoxy) is 2. The van der Waals surface area contributed by atoms with Crippen molar-refractivity contribution in [3.05, 3.63) is 53.2 Å². The molecule has 6 rings (SSSR count). The molecule has 3 atom stereocenters. The summed E-state index contributed by atoms with van der Waals surface area (Å²) in [4.78, 5) is 21.7. The topological polar surface area (TPSA) is 102 Å². The second-order valence-electron chi connectivity index (χ2n) is 12.8. The molecule has 2 aromatic carbocycles. The van der Waals surface area contributed by atoms with Crippen LogP contribution < -0.4 is 19.9 Å². The van der Waals surface area contributed by atoms with Crippen molar-refractivity contribution in [1.29, 1.82) is 5.26 Å². The lowest BCUT2D eigenvalue weighted by atomic mass is 9.89. The summed E-state index contributed by atoms with van der Waals surface area (Å²) >= 11 is 5.50. The summed E-state index contributed by atoms with van der Waals surface area (Å²) in [5.41, 5.74) is 4.72. The maximum Gasteiger partial charge on any atom is 0.318 e. The van der Waals surface area contributed by atoms with Crippen LogP contribution in [0.15, 0.2) is 41.4 Å². The Hall–Kier alpha value is -3.72. The van der Waals surface area contributed by atoms with Crippen molar-refractivity contribution in [2.45, 2.75) is 57.7 Å². The van der Waals surface area contributed by atoms with Crippen LogP contribution in [0.4, 0.5) is 11.5 Å². The number of piperidine rings is 1. The molecule has 0 amide bonds. The number of hydrogen-bond acceptors (Lipinski definition) is 10. The van der Waals surface area contributed by atoms with E-state index in [1.54, 1.807) is 7.11 Å². The van der Waals surface area contributed by atoms with Gasteiger partial charge < -0.3 is 42.1 Å². The van der Waals surface area contributed by atoms with Crippen molar-refractivity contribution in [2.24, 2.45) is 10.9 Å². The molecule has 0 saturated carbocycles. The Balaban J connectivity index is 1.28. The van der Waals surface area contributed by atoms with Gasteiger partial charge in [-0.05, 0) is 68.4 Å². The summed E-state index contributed by atoms with van der Waals surface area (Å²) in [6.45, 7) is 7.96. The van der Waals surface area contributed by atoms with Crippen molar-refractivity contribution in [3.63, 3.8) is 0 Å². The van der Waals surface area contributed by atoms with Gasteiger partial charge in [0.05, 0.1) is 31.5 Å². The minimum Gasteiger partial charge on any atom is -0.743 e. The smallest absolute Gasteiger partial charge is 0.318 e. The van der Waals surface area contributed by atoms with Crippen LogP contribution in [-0.4, -0.2) is 92.2 Å². The number of fused-ring (bicyclic) bond motifs is 2. The number of anilines is 2. The number of benzene rings is 2. The van der Waals surface area contributed by atoms with Gasteiger partial charge in [-0.1, -0.05) is 30.3 Å². The number of nitriles is 1. The van der Waals surface area contributed by atoms with Gasteiger partial charge in [0.15, 0.2) is 0 Å². The van der Waals surface area contributed by atoms with Gasteiger partial charge in [0.1, 0.15) is 12.4 Å². The highest BCUT2D eigenvalue weighted by Crippen LogP contribution is 2.36. The molecule has 11 heteroatoms. The molecule has 1 aromatic heterocycles. The van der Waals surface area contributed by atoms with E-state index in [0.29, 0.717) is 56.5 Å². The van der Waals surface area contributed by atoms with Crippen LogP contribution in [-0.2, 0) is 30.3 Å². The second-order valence-corrected chi connectivity index (χ2v) is 13.1. The summed E-state index contributed by atoms with van der Waals surface area (Å²) in [6.07, 6.45) is 4.40. The normalized spacial score (nSPS) is 22.1. The number of likely N-dealkylation sites (tertiary alicyclic amines) is 1. The van der Waals surface area contributed by atoms with Crippen LogP contribution in [0.3, 0.4) is 0 Å². The first-order valence-corrected chi connectivity index (χ1v) is 16.9. The number of aromatic nitrogens is 2. The van der Waals surface area contributed by atoms with Crippen LogP contribution in [0.5, 0.6) is 6.01 Å². The van der Waals surface area contributed by atoms with E-state index in [1.165, 1.54) is 34.0 Å². The van der Waals surface area contributed by atoms with Gasteiger partial charge in [0.2, 0.25) is 0 Å². The fraction of sp³-hybridized carbons (Fsp3) is 0.543. The number of methoxy groups -OCH3 is 1. The molecule has 3 aliphatic heterocycles. The second kappa shape index (κ2) is 14.8. The average molecular weight is 642 g/mol. The standard InChI is InChI=1S/C35H46N8O2S/c1-24-7-4-8-25-9-5-11-31(32(24)25)42-18-13-28-30(22-42)38-34(45-23-27-10-6-17-41(27)2)40-33(28)43-19-14-29(26(21-43)12-15-36)39-35(46)37-16-20-44-3/h4-5,7-9,11,26-27,29H,6,10,12-14,16-23H2,1-3H3,(H2,37,39,46)/p-1/t26-,27-,29?/m0/s1. The van der Waals surface area contributed by atoms with E-state index in [2.05, 4.69) is 81.4 Å². The number of likely N-dealkylation sites (N-methyl/N-ethyl adjacent to an activating group) is 1. The SMILES string of the molecule is COCCN=C([S-])NC1CCN(c2nc(OC[C@@H]3CCCN3C)nc3c2CCN(c2cccc4cccc(C)c24)C3)C[C@@H]1CC#N. The molecular weight excluding hydrogens is 597 g/mol. The van der Waals surface area contributed by atoms with E-state index < -0.39 is 0 Å². The number of aryl methyl sites for hydroxylation is 1. The minimum absolute atomic E-state index is 0.0751. The Morgan fingerprint density at radius 2 is 1.98 bits per heavy atom. The van der Waals surface area contributed by atoms with Crippen molar-refractivity contribution >= 4 is 40.1 Å².